The van der Waals surface area contributed by atoms with Crippen LogP contribution in [0, 0.1) is 0 Å². The Labute approximate surface area is 321 Å². The summed E-state index contributed by atoms with van der Waals surface area (Å²) in [5.74, 6) is 0. The van der Waals surface area contributed by atoms with E-state index in [1.165, 1.54) is 86.7 Å². The van der Waals surface area contributed by atoms with E-state index in [2.05, 4.69) is 156 Å². The van der Waals surface area contributed by atoms with Crippen LogP contribution in [0.25, 0.3) is 44.2 Å². The highest BCUT2D eigenvalue weighted by atomic mass is 32.1. The van der Waals surface area contributed by atoms with Gasteiger partial charge in [0, 0.05) is 36.4 Å². The highest BCUT2D eigenvalue weighted by Gasteiger charge is 2.52. The van der Waals surface area contributed by atoms with Crippen molar-refractivity contribution in [2.45, 2.75) is 103 Å². The molecule has 5 heteroatoms. The number of benzene rings is 4. The van der Waals surface area contributed by atoms with E-state index in [0.29, 0.717) is 0 Å². The summed E-state index contributed by atoms with van der Waals surface area (Å²) in [6.45, 7) is 20.2. The molecule has 53 heavy (non-hydrogen) atoms. The zero-order valence-electron chi connectivity index (χ0n) is 32.2. The van der Waals surface area contributed by atoms with Crippen LogP contribution < -0.4 is 20.6 Å². The average molecular weight is 728 g/mol. The summed E-state index contributed by atoms with van der Waals surface area (Å²) >= 11 is 4.14. The Balaban J connectivity index is 1.30. The third-order valence-corrected chi connectivity index (χ3v) is 16.6. The van der Waals surface area contributed by atoms with Gasteiger partial charge in [-0.15, -0.1) is 11.3 Å². The number of rotatable bonds is 2. The van der Waals surface area contributed by atoms with Crippen molar-refractivity contribution in [3.8, 4) is 22.3 Å². The van der Waals surface area contributed by atoms with Crippen LogP contribution in [0.3, 0.4) is 0 Å². The number of hydrogen-bond acceptors (Lipinski definition) is 4. The second-order valence-corrected chi connectivity index (χ2v) is 20.9. The molecule has 4 aromatic carbocycles. The SMILES string of the molecule is CC1(C)CCC(C)(C)c2c(N3c4cc(-c5cccc6oc7ccccc7c56)cc5c4B(c4ccccc4-5)c4sc5c(c43)C(C)(C)CCC5(C)C)csc21. The lowest BCUT2D eigenvalue weighted by Gasteiger charge is -2.44. The second-order valence-electron chi connectivity index (χ2n) is 19.0. The van der Waals surface area contributed by atoms with E-state index in [9.17, 15) is 0 Å². The molecule has 11 rings (SSSR count). The van der Waals surface area contributed by atoms with Crippen molar-refractivity contribution in [2.24, 2.45) is 0 Å². The molecule has 0 N–H and O–H groups in total. The van der Waals surface area contributed by atoms with E-state index in [1.54, 1.807) is 25.7 Å². The van der Waals surface area contributed by atoms with E-state index in [4.69, 9.17) is 4.42 Å². The monoisotopic (exact) mass is 727 g/mol. The van der Waals surface area contributed by atoms with Gasteiger partial charge in [-0.2, -0.15) is 11.3 Å². The predicted molar refractivity (Wildman–Crippen MR) is 230 cm³/mol. The molecule has 0 saturated heterocycles. The Morgan fingerprint density at radius 2 is 1.28 bits per heavy atom. The van der Waals surface area contributed by atoms with Crippen molar-refractivity contribution >= 4 is 84.1 Å². The van der Waals surface area contributed by atoms with Crippen LogP contribution in [0.5, 0.6) is 0 Å². The number of para-hydroxylation sites is 1. The van der Waals surface area contributed by atoms with Crippen LogP contribution in [0.2, 0.25) is 0 Å². The zero-order valence-corrected chi connectivity index (χ0v) is 33.8. The van der Waals surface area contributed by atoms with Gasteiger partial charge in [0.1, 0.15) is 11.2 Å². The van der Waals surface area contributed by atoms with Crippen LogP contribution in [-0.4, -0.2) is 6.71 Å². The normalized spacial score (nSPS) is 19.5. The number of nitrogens with zero attached hydrogens (tertiary/aromatic N) is 1. The summed E-state index contributed by atoms with van der Waals surface area (Å²) in [7, 11) is 0. The Kier molecular flexibility index (Phi) is 6.34. The van der Waals surface area contributed by atoms with Crippen molar-refractivity contribution in [3.05, 3.63) is 105 Å². The van der Waals surface area contributed by atoms with Gasteiger partial charge in [-0.25, -0.2) is 0 Å². The Morgan fingerprint density at radius 1 is 0.623 bits per heavy atom. The van der Waals surface area contributed by atoms with E-state index in [0.717, 1.165) is 11.2 Å². The fourth-order valence-corrected chi connectivity index (χ4v) is 13.8. The molecule has 4 aliphatic rings. The molecular weight excluding hydrogens is 681 g/mol. The molecule has 0 spiro atoms. The lowest BCUT2D eigenvalue weighted by atomic mass is 9.40. The molecule has 2 aliphatic carbocycles. The van der Waals surface area contributed by atoms with Crippen LogP contribution in [0.4, 0.5) is 17.1 Å². The molecule has 0 saturated carbocycles. The predicted octanol–water partition coefficient (Wildman–Crippen LogP) is 12.4. The van der Waals surface area contributed by atoms with Gasteiger partial charge in [0.15, 0.2) is 0 Å². The van der Waals surface area contributed by atoms with Crippen LogP contribution in [0.15, 0.2) is 88.7 Å². The maximum absolute atomic E-state index is 6.47. The molecular formula is C48H46BNOS2. The maximum atomic E-state index is 6.47. The fraction of sp³-hybridized carbons (Fsp3) is 0.333. The minimum Gasteiger partial charge on any atom is -0.456 e. The van der Waals surface area contributed by atoms with Crippen molar-refractivity contribution in [1.29, 1.82) is 0 Å². The molecule has 0 unspecified atom stereocenters. The van der Waals surface area contributed by atoms with E-state index >= 15 is 0 Å². The van der Waals surface area contributed by atoms with Gasteiger partial charge < -0.3 is 9.32 Å². The minimum atomic E-state index is 0.0649. The van der Waals surface area contributed by atoms with Gasteiger partial charge in [-0.1, -0.05) is 115 Å². The zero-order chi connectivity index (χ0) is 36.4. The number of hydrogen-bond donors (Lipinski definition) is 0. The first-order chi connectivity index (χ1) is 25.3. The Bertz CT molecular complexity index is 2720. The van der Waals surface area contributed by atoms with E-state index in [1.807, 2.05) is 11.3 Å². The lowest BCUT2D eigenvalue weighted by molar-refractivity contribution is 0.338. The van der Waals surface area contributed by atoms with E-state index < -0.39 is 0 Å². The van der Waals surface area contributed by atoms with Crippen LogP contribution in [-0.2, 0) is 21.7 Å². The van der Waals surface area contributed by atoms with Gasteiger partial charge in [-0.3, -0.25) is 0 Å². The molecule has 0 amide bonds. The quantitative estimate of drug-likeness (QED) is 0.165. The first-order valence-corrected chi connectivity index (χ1v) is 21.2. The topological polar surface area (TPSA) is 16.4 Å². The average Bonchev–Trinajstić information content (AvgIpc) is 3.91. The molecule has 0 bridgehead atoms. The smallest absolute Gasteiger partial charge is 0.260 e. The van der Waals surface area contributed by atoms with Crippen LogP contribution in [0.1, 0.15) is 102 Å². The third-order valence-electron chi connectivity index (χ3n) is 13.7. The molecule has 0 fully saturated rings. The molecule has 0 radical (unpaired) electrons. The Hall–Kier alpha value is -4.06. The fourth-order valence-electron chi connectivity index (χ4n) is 10.7. The van der Waals surface area contributed by atoms with Gasteiger partial charge in [-0.05, 0) is 110 Å². The van der Waals surface area contributed by atoms with Gasteiger partial charge in [0.25, 0.3) is 6.71 Å². The number of thiophene rings is 2. The summed E-state index contributed by atoms with van der Waals surface area (Å²) < 4.78 is 8.01. The standard InChI is InChI=1S/C48H46BNOS2/c1-45(2)20-22-47(5,6)42-38(45)34(26-52-42)50-33-25-27(28-16-13-19-36-37(28)30-15-10-12-18-35(30)51-36)24-31-29-14-9-11-17-32(29)49(40(31)33)44-41(50)39-43(53-44)48(7,8)23-21-46(39,3)4/h9-19,24-26H,20-23H2,1-8H3. The number of furan rings is 1. The first kappa shape index (κ1) is 32.4. The van der Waals surface area contributed by atoms with Crippen molar-refractivity contribution in [3.63, 3.8) is 0 Å². The highest BCUT2D eigenvalue weighted by Crippen LogP contribution is 2.60. The van der Waals surface area contributed by atoms with Crippen molar-refractivity contribution < 1.29 is 4.42 Å². The van der Waals surface area contributed by atoms with E-state index in [-0.39, 0.29) is 28.4 Å². The lowest BCUT2D eigenvalue weighted by Crippen LogP contribution is -2.54. The van der Waals surface area contributed by atoms with Crippen LogP contribution >= 0.6 is 22.7 Å². The molecule has 2 aliphatic heterocycles. The number of anilines is 3. The van der Waals surface area contributed by atoms with Crippen molar-refractivity contribution in [2.75, 3.05) is 4.90 Å². The molecule has 7 aromatic rings. The summed E-state index contributed by atoms with van der Waals surface area (Å²) in [4.78, 5) is 5.98. The van der Waals surface area contributed by atoms with Gasteiger partial charge >= 0.3 is 0 Å². The minimum absolute atomic E-state index is 0.0649. The largest absolute Gasteiger partial charge is 0.456 e. The summed E-state index contributed by atoms with van der Waals surface area (Å²) in [5, 5.41) is 4.92. The number of fused-ring (bicyclic) bond motifs is 11. The second kappa shape index (κ2) is 10.4. The molecule has 5 heterocycles. The molecule has 2 nitrogen and oxygen atoms in total. The first-order valence-electron chi connectivity index (χ1n) is 19.5. The van der Waals surface area contributed by atoms with Gasteiger partial charge in [0.2, 0.25) is 0 Å². The third kappa shape index (κ3) is 4.22. The maximum Gasteiger partial charge on any atom is 0.260 e. The summed E-state index contributed by atoms with van der Waals surface area (Å²) in [5.41, 5.74) is 17.9. The van der Waals surface area contributed by atoms with Gasteiger partial charge in [0.05, 0.1) is 11.4 Å². The summed E-state index contributed by atoms with van der Waals surface area (Å²) in [6.07, 6.45) is 4.82. The summed E-state index contributed by atoms with van der Waals surface area (Å²) in [6, 6.07) is 29.5. The molecule has 264 valence electrons. The highest BCUT2D eigenvalue weighted by molar-refractivity contribution is 7.29. The molecule has 0 atom stereocenters. The van der Waals surface area contributed by atoms with Crippen molar-refractivity contribution in [1.82, 2.24) is 0 Å². The Morgan fingerprint density at radius 3 is 2.09 bits per heavy atom. The molecule has 3 aromatic heterocycles.